The number of aliphatic hydroxyl groups is 1. The number of nitrogens with zero attached hydrogens (tertiary/aromatic N) is 1. The average Bonchev–Trinajstić information content (AvgIpc) is 2.41. The first kappa shape index (κ1) is 14.8. The molecule has 2 rings (SSSR count). The Morgan fingerprint density at radius 1 is 1.47 bits per heavy atom. The van der Waals surface area contributed by atoms with Crippen molar-refractivity contribution in [3.8, 4) is 5.75 Å². The van der Waals surface area contributed by atoms with Crippen molar-refractivity contribution in [3.05, 3.63) is 28.2 Å². The van der Waals surface area contributed by atoms with Crippen LogP contribution in [-0.4, -0.2) is 36.8 Å². The summed E-state index contributed by atoms with van der Waals surface area (Å²) in [7, 11) is 1.69. The number of aliphatic hydroxyl groups excluding tert-OH is 1. The lowest BCUT2D eigenvalue weighted by atomic mass is 9.82. The fourth-order valence-electron chi connectivity index (χ4n) is 2.73. The molecule has 0 aromatic heterocycles. The Bertz CT molecular complexity index is 438. The topological polar surface area (TPSA) is 32.7 Å². The maximum atomic E-state index is 9.51. The molecule has 1 aliphatic rings. The normalized spacial score (nSPS) is 24.4. The zero-order valence-corrected chi connectivity index (χ0v) is 13.2. The molecule has 0 radical (unpaired) electrons. The monoisotopic (exact) mass is 327 g/mol. The Morgan fingerprint density at radius 3 is 2.95 bits per heavy atom. The third-order valence-corrected chi connectivity index (χ3v) is 4.66. The molecule has 0 spiro atoms. The first-order chi connectivity index (χ1) is 9.06. The number of likely N-dealkylation sites (tertiary alicyclic amines) is 1. The van der Waals surface area contributed by atoms with E-state index in [1.54, 1.807) is 7.11 Å². The molecule has 1 heterocycles. The summed E-state index contributed by atoms with van der Waals surface area (Å²) in [5, 5.41) is 9.51. The highest BCUT2D eigenvalue weighted by molar-refractivity contribution is 9.10. The van der Waals surface area contributed by atoms with Gasteiger partial charge in [-0.05, 0) is 43.1 Å². The number of rotatable bonds is 4. The minimum Gasteiger partial charge on any atom is -0.497 e. The van der Waals surface area contributed by atoms with Gasteiger partial charge in [0.1, 0.15) is 5.75 Å². The van der Waals surface area contributed by atoms with E-state index in [0.717, 1.165) is 42.7 Å². The molecule has 0 aliphatic carbocycles. The molecule has 1 aromatic carbocycles. The number of halogens is 1. The lowest BCUT2D eigenvalue weighted by molar-refractivity contribution is 0.0428. The van der Waals surface area contributed by atoms with Gasteiger partial charge in [-0.1, -0.05) is 22.9 Å². The second kappa shape index (κ2) is 6.25. The molecular weight excluding hydrogens is 306 g/mol. The summed E-state index contributed by atoms with van der Waals surface area (Å²) in [5.74, 6) is 0.889. The van der Waals surface area contributed by atoms with E-state index in [1.807, 2.05) is 12.1 Å². The third kappa shape index (κ3) is 3.71. The first-order valence-corrected chi connectivity index (χ1v) is 7.51. The van der Waals surface area contributed by atoms with E-state index >= 15 is 0 Å². The van der Waals surface area contributed by atoms with E-state index in [4.69, 9.17) is 4.74 Å². The van der Waals surface area contributed by atoms with E-state index < -0.39 is 0 Å². The van der Waals surface area contributed by atoms with Gasteiger partial charge in [0, 0.05) is 29.6 Å². The standard InChI is InChI=1S/C15H22BrNO2/c1-15(11-18)6-3-7-17(10-15)9-12-8-13(19-2)4-5-14(12)16/h4-5,8,18H,3,6-7,9-11H2,1-2H3. The molecule has 3 nitrogen and oxygen atoms in total. The number of piperidine rings is 1. The van der Waals surface area contributed by atoms with E-state index in [2.05, 4.69) is 33.8 Å². The summed E-state index contributed by atoms with van der Waals surface area (Å²) in [4.78, 5) is 2.42. The Kier molecular flexibility index (Phi) is 4.87. The zero-order valence-electron chi connectivity index (χ0n) is 11.7. The average molecular weight is 328 g/mol. The third-order valence-electron chi connectivity index (χ3n) is 3.89. The maximum absolute atomic E-state index is 9.51. The number of hydrogen-bond acceptors (Lipinski definition) is 3. The van der Waals surface area contributed by atoms with Crippen molar-refractivity contribution in [2.75, 3.05) is 26.8 Å². The van der Waals surface area contributed by atoms with Crippen LogP contribution < -0.4 is 4.74 Å². The van der Waals surface area contributed by atoms with Gasteiger partial charge in [-0.3, -0.25) is 4.90 Å². The minimum atomic E-state index is 0.0452. The highest BCUT2D eigenvalue weighted by Crippen LogP contribution is 2.31. The van der Waals surface area contributed by atoms with Crippen molar-refractivity contribution < 1.29 is 9.84 Å². The van der Waals surface area contributed by atoms with Crippen LogP contribution in [0, 0.1) is 5.41 Å². The maximum Gasteiger partial charge on any atom is 0.119 e. The van der Waals surface area contributed by atoms with Crippen LogP contribution in [0.3, 0.4) is 0 Å². The summed E-state index contributed by atoms with van der Waals surface area (Å²) in [6, 6.07) is 6.07. The summed E-state index contributed by atoms with van der Waals surface area (Å²) < 4.78 is 6.40. The highest BCUT2D eigenvalue weighted by atomic mass is 79.9. The van der Waals surface area contributed by atoms with E-state index in [1.165, 1.54) is 5.56 Å². The van der Waals surface area contributed by atoms with Crippen molar-refractivity contribution in [1.29, 1.82) is 0 Å². The van der Waals surface area contributed by atoms with Crippen molar-refractivity contribution in [2.24, 2.45) is 5.41 Å². The van der Waals surface area contributed by atoms with Crippen LogP contribution in [-0.2, 0) is 6.54 Å². The van der Waals surface area contributed by atoms with Gasteiger partial charge in [0.15, 0.2) is 0 Å². The van der Waals surface area contributed by atoms with Crippen LogP contribution in [0.2, 0.25) is 0 Å². The van der Waals surface area contributed by atoms with Crippen LogP contribution in [0.1, 0.15) is 25.3 Å². The first-order valence-electron chi connectivity index (χ1n) is 6.72. The molecule has 0 bridgehead atoms. The van der Waals surface area contributed by atoms with Crippen LogP contribution in [0.4, 0.5) is 0 Å². The van der Waals surface area contributed by atoms with Crippen molar-refractivity contribution in [2.45, 2.75) is 26.3 Å². The minimum absolute atomic E-state index is 0.0452. The molecule has 1 fully saturated rings. The molecule has 1 aliphatic heterocycles. The van der Waals surface area contributed by atoms with Gasteiger partial charge in [-0.2, -0.15) is 0 Å². The predicted octanol–water partition coefficient (Wildman–Crippen LogP) is 3.05. The van der Waals surface area contributed by atoms with Crippen molar-refractivity contribution in [3.63, 3.8) is 0 Å². The highest BCUT2D eigenvalue weighted by Gasteiger charge is 2.30. The zero-order chi connectivity index (χ0) is 13.9. The van der Waals surface area contributed by atoms with Gasteiger partial charge in [0.2, 0.25) is 0 Å². The number of hydrogen-bond donors (Lipinski definition) is 1. The summed E-state index contributed by atoms with van der Waals surface area (Å²) >= 11 is 3.60. The second-order valence-corrected chi connectivity index (χ2v) is 6.59. The molecule has 1 atom stereocenters. The molecule has 19 heavy (non-hydrogen) atoms. The van der Waals surface area contributed by atoms with Crippen LogP contribution in [0.25, 0.3) is 0 Å². The van der Waals surface area contributed by atoms with Crippen LogP contribution >= 0.6 is 15.9 Å². The Hall–Kier alpha value is -0.580. The van der Waals surface area contributed by atoms with Crippen LogP contribution in [0.15, 0.2) is 22.7 Å². The van der Waals surface area contributed by atoms with Gasteiger partial charge in [-0.25, -0.2) is 0 Å². The summed E-state index contributed by atoms with van der Waals surface area (Å²) in [6.07, 6.45) is 2.26. The molecule has 1 N–H and O–H groups in total. The molecule has 4 heteroatoms. The van der Waals surface area contributed by atoms with E-state index in [0.29, 0.717) is 0 Å². The smallest absolute Gasteiger partial charge is 0.119 e. The Balaban J connectivity index is 2.08. The number of ether oxygens (including phenoxy) is 1. The van der Waals surface area contributed by atoms with Gasteiger partial charge in [0.05, 0.1) is 7.11 Å². The second-order valence-electron chi connectivity index (χ2n) is 5.74. The molecule has 1 aromatic rings. The van der Waals surface area contributed by atoms with Gasteiger partial charge in [0.25, 0.3) is 0 Å². The van der Waals surface area contributed by atoms with Crippen molar-refractivity contribution in [1.82, 2.24) is 4.90 Å². The molecule has 106 valence electrons. The van der Waals surface area contributed by atoms with E-state index in [9.17, 15) is 5.11 Å². The molecule has 0 amide bonds. The van der Waals surface area contributed by atoms with Crippen molar-refractivity contribution >= 4 is 15.9 Å². The lowest BCUT2D eigenvalue weighted by Crippen LogP contribution is -2.43. The van der Waals surface area contributed by atoms with Crippen LogP contribution in [0.5, 0.6) is 5.75 Å². The van der Waals surface area contributed by atoms with E-state index in [-0.39, 0.29) is 12.0 Å². The SMILES string of the molecule is COc1ccc(Br)c(CN2CCCC(C)(CO)C2)c1. The molecule has 0 saturated carbocycles. The Morgan fingerprint density at radius 2 is 2.26 bits per heavy atom. The summed E-state index contributed by atoms with van der Waals surface area (Å²) in [6.45, 7) is 5.38. The predicted molar refractivity (Wildman–Crippen MR) is 80.4 cm³/mol. The fourth-order valence-corrected chi connectivity index (χ4v) is 3.10. The quantitative estimate of drug-likeness (QED) is 0.922. The molecule has 1 saturated heterocycles. The fraction of sp³-hybridized carbons (Fsp3) is 0.600. The van der Waals surface area contributed by atoms with Gasteiger partial charge in [-0.15, -0.1) is 0 Å². The molecule has 1 unspecified atom stereocenters. The largest absolute Gasteiger partial charge is 0.497 e. The Labute approximate surface area is 123 Å². The molecular formula is C15H22BrNO2. The van der Waals surface area contributed by atoms with Gasteiger partial charge < -0.3 is 9.84 Å². The summed E-state index contributed by atoms with van der Waals surface area (Å²) in [5.41, 5.74) is 1.28. The van der Waals surface area contributed by atoms with Gasteiger partial charge >= 0.3 is 0 Å². The number of benzene rings is 1. The lowest BCUT2D eigenvalue weighted by Gasteiger charge is -2.39. The number of methoxy groups -OCH3 is 1.